The SMILES string of the molecule is CCc1nc2cnc(C(C)C)cc2[nH]1. The molecule has 0 aliphatic carbocycles. The maximum Gasteiger partial charge on any atom is 0.107 e. The summed E-state index contributed by atoms with van der Waals surface area (Å²) in [6, 6.07) is 2.09. The molecule has 2 heterocycles. The van der Waals surface area contributed by atoms with Gasteiger partial charge in [0.25, 0.3) is 0 Å². The van der Waals surface area contributed by atoms with Crippen LogP contribution in [0.2, 0.25) is 0 Å². The number of aryl methyl sites for hydroxylation is 1. The fraction of sp³-hybridized carbons (Fsp3) is 0.455. The number of nitrogens with one attached hydrogen (secondary N) is 1. The molecule has 0 aliphatic rings. The van der Waals surface area contributed by atoms with Crippen LogP contribution in [0.5, 0.6) is 0 Å². The summed E-state index contributed by atoms with van der Waals surface area (Å²) in [6.07, 6.45) is 2.78. The summed E-state index contributed by atoms with van der Waals surface area (Å²) < 4.78 is 0. The van der Waals surface area contributed by atoms with E-state index in [1.54, 1.807) is 0 Å². The molecule has 0 amide bonds. The third kappa shape index (κ3) is 1.50. The van der Waals surface area contributed by atoms with Gasteiger partial charge in [0.2, 0.25) is 0 Å². The van der Waals surface area contributed by atoms with E-state index < -0.39 is 0 Å². The van der Waals surface area contributed by atoms with Crippen molar-refractivity contribution < 1.29 is 0 Å². The molecule has 2 aromatic rings. The Hall–Kier alpha value is -1.38. The van der Waals surface area contributed by atoms with Gasteiger partial charge >= 0.3 is 0 Å². The zero-order valence-electron chi connectivity index (χ0n) is 8.83. The minimum absolute atomic E-state index is 0.466. The van der Waals surface area contributed by atoms with Crippen molar-refractivity contribution in [1.29, 1.82) is 0 Å². The first-order valence-electron chi connectivity index (χ1n) is 5.05. The predicted octanol–water partition coefficient (Wildman–Crippen LogP) is 2.64. The van der Waals surface area contributed by atoms with Crippen LogP contribution in [0.3, 0.4) is 0 Å². The second-order valence-electron chi connectivity index (χ2n) is 3.82. The van der Waals surface area contributed by atoms with E-state index in [1.165, 1.54) is 0 Å². The van der Waals surface area contributed by atoms with Crippen molar-refractivity contribution in [2.75, 3.05) is 0 Å². The van der Waals surface area contributed by atoms with Gasteiger partial charge in [0.05, 0.1) is 11.7 Å². The Bertz CT molecular complexity index is 443. The number of hydrogen-bond donors (Lipinski definition) is 1. The van der Waals surface area contributed by atoms with Crippen LogP contribution in [0.15, 0.2) is 12.3 Å². The van der Waals surface area contributed by atoms with Crippen molar-refractivity contribution in [3.63, 3.8) is 0 Å². The Morgan fingerprint density at radius 2 is 2.21 bits per heavy atom. The van der Waals surface area contributed by atoms with Gasteiger partial charge < -0.3 is 4.98 Å². The molecule has 0 radical (unpaired) electrons. The van der Waals surface area contributed by atoms with Crippen LogP contribution in [0.1, 0.15) is 38.2 Å². The van der Waals surface area contributed by atoms with Crippen LogP contribution in [0.25, 0.3) is 11.0 Å². The Labute approximate surface area is 83.6 Å². The van der Waals surface area contributed by atoms with Gasteiger partial charge in [0.1, 0.15) is 11.3 Å². The minimum Gasteiger partial charge on any atom is -0.342 e. The number of aromatic amines is 1. The summed E-state index contributed by atoms with van der Waals surface area (Å²) in [5.74, 6) is 1.50. The molecule has 0 aromatic carbocycles. The average Bonchev–Trinajstić information content (AvgIpc) is 2.58. The maximum absolute atomic E-state index is 4.41. The number of pyridine rings is 1. The highest BCUT2D eigenvalue weighted by Gasteiger charge is 2.05. The largest absolute Gasteiger partial charge is 0.342 e. The number of aromatic nitrogens is 3. The van der Waals surface area contributed by atoms with Crippen molar-refractivity contribution in [2.45, 2.75) is 33.1 Å². The molecular weight excluding hydrogens is 174 g/mol. The smallest absolute Gasteiger partial charge is 0.107 e. The second-order valence-corrected chi connectivity index (χ2v) is 3.82. The van der Waals surface area contributed by atoms with Crippen molar-refractivity contribution in [3.8, 4) is 0 Å². The quantitative estimate of drug-likeness (QED) is 0.789. The van der Waals surface area contributed by atoms with E-state index in [-0.39, 0.29) is 0 Å². The standard InChI is InChI=1S/C11H15N3/c1-4-11-13-9-5-8(7(2)3)12-6-10(9)14-11/h5-7H,4H2,1-3H3,(H,13,14). The Morgan fingerprint density at radius 3 is 2.86 bits per heavy atom. The maximum atomic E-state index is 4.41. The molecule has 0 fully saturated rings. The molecule has 0 saturated heterocycles. The lowest BCUT2D eigenvalue weighted by atomic mass is 10.1. The first-order chi connectivity index (χ1) is 6.70. The lowest BCUT2D eigenvalue weighted by Gasteiger charge is -2.02. The number of hydrogen-bond acceptors (Lipinski definition) is 2. The molecule has 0 atom stereocenters. The van der Waals surface area contributed by atoms with Gasteiger partial charge in [-0.25, -0.2) is 4.98 Å². The Kier molecular flexibility index (Phi) is 2.23. The van der Waals surface area contributed by atoms with Gasteiger partial charge in [-0.05, 0) is 12.0 Å². The van der Waals surface area contributed by atoms with E-state index in [1.807, 2.05) is 6.20 Å². The second kappa shape index (κ2) is 3.40. The molecule has 3 heteroatoms. The fourth-order valence-electron chi connectivity index (χ4n) is 1.47. The van der Waals surface area contributed by atoms with Crippen molar-refractivity contribution >= 4 is 11.0 Å². The topological polar surface area (TPSA) is 41.6 Å². The molecule has 3 nitrogen and oxygen atoms in total. The number of H-pyrrole nitrogens is 1. The zero-order valence-corrected chi connectivity index (χ0v) is 8.83. The number of fused-ring (bicyclic) bond motifs is 1. The summed E-state index contributed by atoms with van der Waals surface area (Å²) in [5.41, 5.74) is 3.18. The van der Waals surface area contributed by atoms with E-state index in [9.17, 15) is 0 Å². The van der Waals surface area contributed by atoms with Crippen LogP contribution in [-0.2, 0) is 6.42 Å². The average molecular weight is 189 g/mol. The van der Waals surface area contributed by atoms with E-state index in [2.05, 4.69) is 41.8 Å². The van der Waals surface area contributed by atoms with E-state index >= 15 is 0 Å². The molecular formula is C11H15N3. The van der Waals surface area contributed by atoms with Crippen molar-refractivity contribution in [3.05, 3.63) is 23.8 Å². The van der Waals surface area contributed by atoms with Gasteiger partial charge in [0, 0.05) is 12.1 Å². The summed E-state index contributed by atoms with van der Waals surface area (Å²) in [6.45, 7) is 6.38. The highest BCUT2D eigenvalue weighted by Crippen LogP contribution is 2.17. The molecule has 0 saturated carbocycles. The van der Waals surface area contributed by atoms with Crippen molar-refractivity contribution in [1.82, 2.24) is 15.0 Å². The highest BCUT2D eigenvalue weighted by atomic mass is 14.9. The molecule has 0 spiro atoms. The van der Waals surface area contributed by atoms with Crippen LogP contribution >= 0.6 is 0 Å². The van der Waals surface area contributed by atoms with Crippen LogP contribution in [-0.4, -0.2) is 15.0 Å². The lowest BCUT2D eigenvalue weighted by molar-refractivity contribution is 0.825. The van der Waals surface area contributed by atoms with Crippen molar-refractivity contribution in [2.24, 2.45) is 0 Å². The van der Waals surface area contributed by atoms with Gasteiger partial charge in [-0.1, -0.05) is 20.8 Å². The third-order valence-corrected chi connectivity index (χ3v) is 2.36. The molecule has 2 rings (SSSR count). The Balaban J connectivity index is 2.54. The zero-order chi connectivity index (χ0) is 10.1. The summed E-state index contributed by atoms with van der Waals surface area (Å²) in [4.78, 5) is 12.1. The summed E-state index contributed by atoms with van der Waals surface area (Å²) >= 11 is 0. The summed E-state index contributed by atoms with van der Waals surface area (Å²) in [7, 11) is 0. The number of imidazole rings is 1. The molecule has 2 aromatic heterocycles. The predicted molar refractivity (Wildman–Crippen MR) is 57.4 cm³/mol. The monoisotopic (exact) mass is 189 g/mol. The van der Waals surface area contributed by atoms with Gasteiger partial charge in [-0.2, -0.15) is 0 Å². The Morgan fingerprint density at radius 1 is 1.43 bits per heavy atom. The van der Waals surface area contributed by atoms with Crippen LogP contribution < -0.4 is 0 Å². The third-order valence-electron chi connectivity index (χ3n) is 2.36. The molecule has 74 valence electrons. The van der Waals surface area contributed by atoms with E-state index in [0.29, 0.717) is 5.92 Å². The van der Waals surface area contributed by atoms with E-state index in [4.69, 9.17) is 0 Å². The molecule has 14 heavy (non-hydrogen) atoms. The van der Waals surface area contributed by atoms with Gasteiger partial charge in [-0.15, -0.1) is 0 Å². The highest BCUT2D eigenvalue weighted by molar-refractivity contribution is 5.74. The van der Waals surface area contributed by atoms with Crippen LogP contribution in [0, 0.1) is 0 Å². The van der Waals surface area contributed by atoms with Crippen LogP contribution in [0.4, 0.5) is 0 Å². The molecule has 0 aliphatic heterocycles. The fourth-order valence-corrected chi connectivity index (χ4v) is 1.47. The first-order valence-corrected chi connectivity index (χ1v) is 5.05. The number of nitrogens with zero attached hydrogens (tertiary/aromatic N) is 2. The molecule has 0 bridgehead atoms. The van der Waals surface area contributed by atoms with E-state index in [0.717, 1.165) is 29.0 Å². The van der Waals surface area contributed by atoms with Gasteiger partial charge in [-0.3, -0.25) is 4.98 Å². The summed E-state index contributed by atoms with van der Waals surface area (Å²) in [5, 5.41) is 0. The minimum atomic E-state index is 0.466. The normalized spacial score (nSPS) is 11.4. The van der Waals surface area contributed by atoms with Gasteiger partial charge in [0.15, 0.2) is 0 Å². The lowest BCUT2D eigenvalue weighted by Crippen LogP contribution is -1.91. The molecule has 0 unspecified atom stereocenters. The first kappa shape index (κ1) is 9.19. The number of rotatable bonds is 2. The molecule has 1 N–H and O–H groups in total.